The molecule has 5 nitrogen and oxygen atoms in total. The average molecular weight is 257 g/mol. The van der Waals surface area contributed by atoms with Crippen LogP contribution in [0.25, 0.3) is 0 Å². The van der Waals surface area contributed by atoms with Gasteiger partial charge in [0, 0.05) is 30.4 Å². The first-order valence-corrected chi connectivity index (χ1v) is 7.81. The van der Waals surface area contributed by atoms with Gasteiger partial charge >= 0.3 is 0 Å². The predicted molar refractivity (Wildman–Crippen MR) is 66.5 cm³/mol. The maximum atomic E-state index is 11.4. The molecule has 1 fully saturated rings. The van der Waals surface area contributed by atoms with Crippen LogP contribution < -0.4 is 5.32 Å². The van der Waals surface area contributed by atoms with Gasteiger partial charge in [-0.25, -0.2) is 8.42 Å². The minimum absolute atomic E-state index is 0.0833. The number of hydrogen-bond acceptors (Lipinski definition) is 4. The first-order valence-electron chi connectivity index (χ1n) is 5.99. The largest absolute Gasteiger partial charge is 0.306 e. The molecule has 0 amide bonds. The van der Waals surface area contributed by atoms with E-state index in [4.69, 9.17) is 0 Å². The SMILES string of the molecule is CCn1cc(C(C)NC2CCS(=O)(=O)C2)cn1. The van der Waals surface area contributed by atoms with Crippen LogP contribution in [0.4, 0.5) is 0 Å². The Morgan fingerprint density at radius 2 is 2.41 bits per heavy atom. The molecule has 96 valence electrons. The smallest absolute Gasteiger partial charge is 0.151 e. The van der Waals surface area contributed by atoms with Crippen molar-refractivity contribution in [2.24, 2.45) is 0 Å². The van der Waals surface area contributed by atoms with Gasteiger partial charge < -0.3 is 5.32 Å². The van der Waals surface area contributed by atoms with Gasteiger partial charge in [-0.3, -0.25) is 4.68 Å². The number of nitrogens with zero attached hydrogens (tertiary/aromatic N) is 2. The maximum absolute atomic E-state index is 11.4. The topological polar surface area (TPSA) is 64.0 Å². The number of aryl methyl sites for hydroxylation is 1. The monoisotopic (exact) mass is 257 g/mol. The Hall–Kier alpha value is -0.880. The number of aromatic nitrogens is 2. The Morgan fingerprint density at radius 1 is 1.65 bits per heavy atom. The van der Waals surface area contributed by atoms with Crippen molar-refractivity contribution in [2.45, 2.75) is 38.9 Å². The zero-order chi connectivity index (χ0) is 12.5. The summed E-state index contributed by atoms with van der Waals surface area (Å²) in [6.07, 6.45) is 4.56. The lowest BCUT2D eigenvalue weighted by atomic mass is 10.1. The van der Waals surface area contributed by atoms with Gasteiger partial charge in [-0.2, -0.15) is 5.10 Å². The van der Waals surface area contributed by atoms with Crippen LogP contribution in [-0.2, 0) is 16.4 Å². The second-order valence-corrected chi connectivity index (χ2v) is 6.85. The van der Waals surface area contributed by atoms with Gasteiger partial charge in [-0.1, -0.05) is 0 Å². The average Bonchev–Trinajstić information content (AvgIpc) is 2.85. The normalized spacial score (nSPS) is 24.9. The summed E-state index contributed by atoms with van der Waals surface area (Å²) in [6.45, 7) is 4.94. The van der Waals surface area contributed by atoms with E-state index in [9.17, 15) is 8.42 Å². The zero-order valence-electron chi connectivity index (χ0n) is 10.3. The highest BCUT2D eigenvalue weighted by Gasteiger charge is 2.28. The van der Waals surface area contributed by atoms with Crippen LogP contribution in [0.5, 0.6) is 0 Å². The fourth-order valence-corrected chi connectivity index (χ4v) is 3.84. The van der Waals surface area contributed by atoms with E-state index in [0.717, 1.165) is 12.1 Å². The predicted octanol–water partition coefficient (Wildman–Crippen LogP) is 0.741. The molecule has 1 aliphatic rings. The summed E-state index contributed by atoms with van der Waals surface area (Å²) in [6, 6.07) is 0.230. The molecule has 0 saturated carbocycles. The van der Waals surface area contributed by atoms with Gasteiger partial charge in [0.15, 0.2) is 9.84 Å². The highest BCUT2D eigenvalue weighted by atomic mass is 32.2. The number of hydrogen-bond donors (Lipinski definition) is 1. The van der Waals surface area contributed by atoms with Gasteiger partial charge in [-0.05, 0) is 20.3 Å². The van der Waals surface area contributed by atoms with Crippen molar-refractivity contribution in [3.05, 3.63) is 18.0 Å². The Labute approximate surface area is 102 Å². The van der Waals surface area contributed by atoms with E-state index in [1.165, 1.54) is 0 Å². The van der Waals surface area contributed by atoms with Gasteiger partial charge in [0.1, 0.15) is 0 Å². The Bertz CT molecular complexity index is 481. The standard InChI is InChI=1S/C11H19N3O2S/c1-3-14-7-10(6-12-14)9(2)13-11-4-5-17(15,16)8-11/h6-7,9,11,13H,3-5,8H2,1-2H3. The van der Waals surface area contributed by atoms with Crippen LogP contribution in [0, 0.1) is 0 Å². The first kappa shape index (κ1) is 12.6. The van der Waals surface area contributed by atoms with Crippen molar-refractivity contribution in [2.75, 3.05) is 11.5 Å². The minimum atomic E-state index is -2.81. The molecule has 1 aromatic heterocycles. The second kappa shape index (κ2) is 4.78. The Balaban J connectivity index is 1.95. The number of nitrogens with one attached hydrogen (secondary N) is 1. The van der Waals surface area contributed by atoms with Crippen LogP contribution in [0.15, 0.2) is 12.4 Å². The van der Waals surface area contributed by atoms with Crippen LogP contribution in [0.2, 0.25) is 0 Å². The molecular formula is C11H19N3O2S. The van der Waals surface area contributed by atoms with Gasteiger partial charge in [0.05, 0.1) is 17.7 Å². The minimum Gasteiger partial charge on any atom is -0.306 e. The van der Waals surface area contributed by atoms with Gasteiger partial charge in [0.2, 0.25) is 0 Å². The van der Waals surface area contributed by atoms with Crippen molar-refractivity contribution >= 4 is 9.84 Å². The molecule has 1 aliphatic heterocycles. The lowest BCUT2D eigenvalue weighted by Gasteiger charge is -2.16. The fraction of sp³-hybridized carbons (Fsp3) is 0.727. The highest BCUT2D eigenvalue weighted by Crippen LogP contribution is 2.17. The summed E-state index contributed by atoms with van der Waals surface area (Å²) in [4.78, 5) is 0. The third-order valence-electron chi connectivity index (χ3n) is 3.20. The molecule has 2 rings (SSSR count). The molecule has 1 N–H and O–H groups in total. The summed E-state index contributed by atoms with van der Waals surface area (Å²) in [5.74, 6) is 0.574. The van der Waals surface area contributed by atoms with Crippen molar-refractivity contribution in [1.29, 1.82) is 0 Å². The summed E-state index contributed by atoms with van der Waals surface area (Å²) >= 11 is 0. The highest BCUT2D eigenvalue weighted by molar-refractivity contribution is 7.91. The Kier molecular flexibility index (Phi) is 3.53. The molecule has 0 bridgehead atoms. The molecule has 0 aliphatic carbocycles. The molecule has 2 unspecified atom stereocenters. The first-order chi connectivity index (χ1) is 8.00. The van der Waals surface area contributed by atoms with Crippen molar-refractivity contribution < 1.29 is 8.42 Å². The number of rotatable bonds is 4. The molecule has 0 spiro atoms. The molecule has 17 heavy (non-hydrogen) atoms. The van der Waals surface area contributed by atoms with E-state index in [-0.39, 0.29) is 17.8 Å². The molecule has 1 aromatic rings. The van der Waals surface area contributed by atoms with E-state index in [2.05, 4.69) is 10.4 Å². The zero-order valence-corrected chi connectivity index (χ0v) is 11.1. The van der Waals surface area contributed by atoms with Gasteiger partial charge in [-0.15, -0.1) is 0 Å². The molecule has 6 heteroatoms. The van der Waals surface area contributed by atoms with E-state index in [0.29, 0.717) is 12.2 Å². The molecule has 0 radical (unpaired) electrons. The number of sulfone groups is 1. The molecule has 1 saturated heterocycles. The van der Waals surface area contributed by atoms with Crippen LogP contribution >= 0.6 is 0 Å². The van der Waals surface area contributed by atoms with E-state index >= 15 is 0 Å². The van der Waals surface area contributed by atoms with Crippen LogP contribution in [-0.4, -0.2) is 35.7 Å². The third kappa shape index (κ3) is 3.07. The van der Waals surface area contributed by atoms with E-state index < -0.39 is 9.84 Å². The molecular weight excluding hydrogens is 238 g/mol. The summed E-state index contributed by atoms with van der Waals surface area (Å²) in [7, 11) is -2.81. The summed E-state index contributed by atoms with van der Waals surface area (Å²) in [5.41, 5.74) is 1.11. The molecule has 0 aromatic carbocycles. The van der Waals surface area contributed by atoms with Crippen LogP contribution in [0.3, 0.4) is 0 Å². The lowest BCUT2D eigenvalue weighted by molar-refractivity contribution is 0.484. The van der Waals surface area contributed by atoms with Crippen LogP contribution in [0.1, 0.15) is 31.9 Å². The maximum Gasteiger partial charge on any atom is 0.151 e. The van der Waals surface area contributed by atoms with E-state index in [1.807, 2.05) is 30.9 Å². The summed E-state index contributed by atoms with van der Waals surface area (Å²) < 4.78 is 24.6. The van der Waals surface area contributed by atoms with Gasteiger partial charge in [0.25, 0.3) is 0 Å². The summed E-state index contributed by atoms with van der Waals surface area (Å²) in [5, 5.41) is 7.57. The fourth-order valence-electron chi connectivity index (χ4n) is 2.15. The Morgan fingerprint density at radius 3 is 2.94 bits per heavy atom. The van der Waals surface area contributed by atoms with Crippen molar-refractivity contribution in [3.8, 4) is 0 Å². The third-order valence-corrected chi connectivity index (χ3v) is 4.96. The van der Waals surface area contributed by atoms with E-state index in [1.54, 1.807) is 0 Å². The quantitative estimate of drug-likeness (QED) is 0.864. The van der Waals surface area contributed by atoms with Crippen molar-refractivity contribution in [3.63, 3.8) is 0 Å². The molecule has 2 heterocycles. The van der Waals surface area contributed by atoms with Crippen molar-refractivity contribution in [1.82, 2.24) is 15.1 Å². The molecule has 2 atom stereocenters. The lowest BCUT2D eigenvalue weighted by Crippen LogP contribution is -2.32. The second-order valence-electron chi connectivity index (χ2n) is 4.62.